The lowest BCUT2D eigenvalue weighted by Crippen LogP contribution is -2.37. The molecule has 0 spiro atoms. The van der Waals surface area contributed by atoms with Crippen LogP contribution in [0.5, 0.6) is 11.5 Å². The van der Waals surface area contributed by atoms with Gasteiger partial charge < -0.3 is 24.8 Å². The molecule has 1 aromatic carbocycles. The van der Waals surface area contributed by atoms with Crippen LogP contribution >= 0.6 is 24.0 Å². The Morgan fingerprint density at radius 3 is 2.74 bits per heavy atom. The highest BCUT2D eigenvalue weighted by Gasteiger charge is 2.21. The fourth-order valence-electron chi connectivity index (χ4n) is 2.99. The number of hydrogen-bond donors (Lipinski definition) is 2. The molecule has 6 nitrogen and oxygen atoms in total. The van der Waals surface area contributed by atoms with Crippen molar-refractivity contribution in [2.45, 2.75) is 52.7 Å². The van der Waals surface area contributed by atoms with Gasteiger partial charge in [0.05, 0.1) is 6.61 Å². The Bertz CT molecular complexity index is 596. The Morgan fingerprint density at radius 1 is 1.22 bits per heavy atom. The van der Waals surface area contributed by atoms with Gasteiger partial charge in [-0.25, -0.2) is 0 Å². The van der Waals surface area contributed by atoms with Gasteiger partial charge in [0, 0.05) is 50.9 Å². The Labute approximate surface area is 180 Å². The van der Waals surface area contributed by atoms with Crippen molar-refractivity contribution in [1.29, 1.82) is 0 Å². The average Bonchev–Trinajstić information content (AvgIpc) is 2.99. The number of nitrogens with one attached hydrogen (secondary N) is 2. The van der Waals surface area contributed by atoms with Gasteiger partial charge in [0.15, 0.2) is 5.96 Å². The maximum absolute atomic E-state index is 5.88. The third-order valence-corrected chi connectivity index (χ3v) is 4.26. The molecule has 0 aromatic heterocycles. The molecule has 0 radical (unpaired) electrons. The smallest absolute Gasteiger partial charge is 0.191 e. The molecule has 154 valence electrons. The first-order valence-electron chi connectivity index (χ1n) is 9.65. The topological polar surface area (TPSA) is 64.1 Å². The van der Waals surface area contributed by atoms with Gasteiger partial charge in [0.1, 0.15) is 17.6 Å². The van der Waals surface area contributed by atoms with Crippen LogP contribution in [0.1, 0.15) is 44.7 Å². The van der Waals surface area contributed by atoms with Crippen LogP contribution in [0.25, 0.3) is 0 Å². The van der Waals surface area contributed by atoms with Crippen molar-refractivity contribution < 1.29 is 14.2 Å². The lowest BCUT2D eigenvalue weighted by Gasteiger charge is -2.15. The van der Waals surface area contributed by atoms with Gasteiger partial charge in [-0.3, -0.25) is 4.99 Å². The van der Waals surface area contributed by atoms with Crippen molar-refractivity contribution in [3.8, 4) is 11.5 Å². The first-order valence-corrected chi connectivity index (χ1v) is 9.65. The van der Waals surface area contributed by atoms with Gasteiger partial charge in [-0.15, -0.1) is 24.0 Å². The van der Waals surface area contributed by atoms with Gasteiger partial charge in [-0.2, -0.15) is 0 Å². The van der Waals surface area contributed by atoms with E-state index >= 15 is 0 Å². The number of rotatable bonds is 10. The molecule has 2 rings (SSSR count). The van der Waals surface area contributed by atoms with Gasteiger partial charge in [-0.1, -0.05) is 0 Å². The average molecular weight is 491 g/mol. The minimum absolute atomic E-state index is 0. The third kappa shape index (κ3) is 7.73. The zero-order valence-electron chi connectivity index (χ0n) is 17.0. The number of unbranched alkanes of at least 4 members (excludes halogenated alkanes) is 1. The molecule has 1 heterocycles. The van der Waals surface area contributed by atoms with Crippen LogP contribution < -0.4 is 20.1 Å². The molecule has 0 fully saturated rings. The fraction of sp³-hybridized carbons (Fsp3) is 0.650. The second-order valence-corrected chi connectivity index (χ2v) is 6.39. The normalized spacial score (nSPS) is 15.6. The van der Waals surface area contributed by atoms with E-state index in [1.165, 1.54) is 5.56 Å². The summed E-state index contributed by atoms with van der Waals surface area (Å²) in [7, 11) is 1.78. The Hall–Kier alpha value is -1.22. The maximum Gasteiger partial charge on any atom is 0.191 e. The summed E-state index contributed by atoms with van der Waals surface area (Å²) in [6.07, 6.45) is 3.27. The molecule has 7 heteroatoms. The van der Waals surface area contributed by atoms with Crippen molar-refractivity contribution in [3.63, 3.8) is 0 Å². The first-order chi connectivity index (χ1) is 12.7. The SMILES string of the molecule is CCOCCCCNC(=NC)NCc1cc2c(cc1OCC)CC(C)O2.I. The number of fused-ring (bicyclic) bond motifs is 1. The van der Waals surface area contributed by atoms with Crippen LogP contribution in [0.4, 0.5) is 0 Å². The van der Waals surface area contributed by atoms with Crippen LogP contribution in [-0.2, 0) is 17.7 Å². The second kappa shape index (κ2) is 13.0. The highest BCUT2D eigenvalue weighted by molar-refractivity contribution is 14.0. The zero-order valence-corrected chi connectivity index (χ0v) is 19.3. The minimum atomic E-state index is 0. The first kappa shape index (κ1) is 23.8. The summed E-state index contributed by atoms with van der Waals surface area (Å²) in [4.78, 5) is 4.29. The highest BCUT2D eigenvalue weighted by atomic mass is 127. The van der Waals surface area contributed by atoms with Gasteiger partial charge in [-0.05, 0) is 45.7 Å². The molecule has 2 N–H and O–H groups in total. The summed E-state index contributed by atoms with van der Waals surface area (Å²) >= 11 is 0. The van der Waals surface area contributed by atoms with E-state index in [0.29, 0.717) is 13.2 Å². The van der Waals surface area contributed by atoms with E-state index in [4.69, 9.17) is 14.2 Å². The second-order valence-electron chi connectivity index (χ2n) is 6.39. The summed E-state index contributed by atoms with van der Waals surface area (Å²) in [6, 6.07) is 4.20. The number of nitrogens with zero attached hydrogens (tertiary/aromatic N) is 1. The van der Waals surface area contributed by atoms with Crippen molar-refractivity contribution in [1.82, 2.24) is 10.6 Å². The van der Waals surface area contributed by atoms with E-state index in [-0.39, 0.29) is 30.1 Å². The number of guanidine groups is 1. The molecule has 1 aliphatic rings. The van der Waals surface area contributed by atoms with Crippen LogP contribution in [-0.4, -0.2) is 45.5 Å². The van der Waals surface area contributed by atoms with Crippen LogP contribution in [0.2, 0.25) is 0 Å². The summed E-state index contributed by atoms with van der Waals surface area (Å²) in [5.74, 6) is 2.68. The number of hydrogen-bond acceptors (Lipinski definition) is 4. The van der Waals surface area contributed by atoms with Gasteiger partial charge >= 0.3 is 0 Å². The predicted octanol–water partition coefficient (Wildman–Crippen LogP) is 3.51. The summed E-state index contributed by atoms with van der Waals surface area (Å²) in [6.45, 7) is 9.87. The molecule has 0 amide bonds. The monoisotopic (exact) mass is 491 g/mol. The number of halogens is 1. The zero-order chi connectivity index (χ0) is 18.8. The molecule has 0 aliphatic carbocycles. The molecule has 1 aliphatic heterocycles. The molecule has 0 saturated carbocycles. The molecule has 27 heavy (non-hydrogen) atoms. The minimum Gasteiger partial charge on any atom is -0.494 e. The van der Waals surface area contributed by atoms with E-state index in [2.05, 4.69) is 34.7 Å². The van der Waals surface area contributed by atoms with Crippen LogP contribution in [0, 0.1) is 0 Å². The van der Waals surface area contributed by atoms with Crippen molar-refractivity contribution >= 4 is 29.9 Å². The van der Waals surface area contributed by atoms with Crippen LogP contribution in [0.3, 0.4) is 0 Å². The van der Waals surface area contributed by atoms with Crippen molar-refractivity contribution in [2.75, 3.05) is 33.4 Å². The van der Waals surface area contributed by atoms with Crippen LogP contribution in [0.15, 0.2) is 17.1 Å². The lowest BCUT2D eigenvalue weighted by molar-refractivity contribution is 0.143. The number of benzene rings is 1. The Balaban J connectivity index is 0.00000364. The standard InChI is InChI=1S/C20H33N3O3.HI/c1-5-24-10-8-7-9-22-20(21-4)23-14-17-13-19-16(11-15(3)26-19)12-18(17)25-6-2;/h12-13,15H,5-11,14H2,1-4H3,(H2,21,22,23);1H. The van der Waals surface area contributed by atoms with Gasteiger partial charge in [0.2, 0.25) is 0 Å². The molecular formula is C20H34IN3O3. The highest BCUT2D eigenvalue weighted by Crippen LogP contribution is 2.35. The predicted molar refractivity (Wildman–Crippen MR) is 121 cm³/mol. The molecule has 1 unspecified atom stereocenters. The lowest BCUT2D eigenvalue weighted by atomic mass is 10.1. The maximum atomic E-state index is 5.88. The van der Waals surface area contributed by atoms with Crippen molar-refractivity contribution in [2.24, 2.45) is 4.99 Å². The van der Waals surface area contributed by atoms with E-state index < -0.39 is 0 Å². The quantitative estimate of drug-likeness (QED) is 0.227. The molecule has 1 aromatic rings. The van der Waals surface area contributed by atoms with Gasteiger partial charge in [0.25, 0.3) is 0 Å². The number of ether oxygens (including phenoxy) is 3. The van der Waals surface area contributed by atoms with E-state index in [1.807, 2.05) is 13.8 Å². The van der Waals surface area contributed by atoms with E-state index in [0.717, 1.165) is 62.0 Å². The Kier molecular flexibility index (Phi) is 11.5. The molecule has 1 atom stereocenters. The third-order valence-electron chi connectivity index (χ3n) is 4.26. The van der Waals surface area contributed by atoms with Crippen molar-refractivity contribution in [3.05, 3.63) is 23.3 Å². The van der Waals surface area contributed by atoms with E-state index in [1.54, 1.807) is 7.05 Å². The Morgan fingerprint density at radius 2 is 2.04 bits per heavy atom. The fourth-order valence-corrected chi connectivity index (χ4v) is 2.99. The summed E-state index contributed by atoms with van der Waals surface area (Å²) in [5, 5.41) is 6.70. The molecular weight excluding hydrogens is 457 g/mol. The number of aliphatic imine (C=N–C) groups is 1. The van der Waals surface area contributed by atoms with E-state index in [9.17, 15) is 0 Å². The molecule has 0 saturated heterocycles. The molecule has 0 bridgehead atoms. The largest absolute Gasteiger partial charge is 0.494 e. The summed E-state index contributed by atoms with van der Waals surface area (Å²) in [5.41, 5.74) is 2.31. The summed E-state index contributed by atoms with van der Waals surface area (Å²) < 4.78 is 17.1.